The number of halogens is 1. The van der Waals surface area contributed by atoms with Crippen molar-refractivity contribution in [2.75, 3.05) is 5.32 Å². The molecule has 3 aliphatic rings. The van der Waals surface area contributed by atoms with Gasteiger partial charge in [-0.3, -0.25) is 9.36 Å². The molecule has 1 unspecified atom stereocenters. The summed E-state index contributed by atoms with van der Waals surface area (Å²) in [6.07, 6.45) is 8.62. The van der Waals surface area contributed by atoms with Crippen molar-refractivity contribution in [2.24, 2.45) is 11.3 Å². The lowest BCUT2D eigenvalue weighted by Gasteiger charge is -2.32. The van der Waals surface area contributed by atoms with Crippen LogP contribution in [0.15, 0.2) is 40.2 Å². The van der Waals surface area contributed by atoms with E-state index in [1.54, 1.807) is 35.0 Å². The SMILES string of the molecule is Cc1cc(S(=O)(=O)[C@H]2C[C@@H](C)C2)ccc1Nc1ncc2cc(Cl)c(=O)n(C3CCCC34CC4)c2n1. The van der Waals surface area contributed by atoms with Crippen LogP contribution in [0.25, 0.3) is 11.0 Å². The summed E-state index contributed by atoms with van der Waals surface area (Å²) in [4.78, 5) is 22.7. The molecule has 9 heteroatoms. The van der Waals surface area contributed by atoms with Crippen molar-refractivity contribution in [3.63, 3.8) is 0 Å². The first kappa shape index (κ1) is 23.0. The van der Waals surface area contributed by atoms with Gasteiger partial charge in [0, 0.05) is 23.3 Å². The molecule has 3 saturated carbocycles. The third-order valence-corrected chi connectivity index (χ3v) is 10.8. The number of pyridine rings is 1. The summed E-state index contributed by atoms with van der Waals surface area (Å²) < 4.78 is 27.6. The standard InChI is InChI=1S/C26H29ClN4O3S/c1-15-10-19(11-15)35(33,34)18-5-6-21(16(2)12-18)29-25-28-14-17-13-20(27)24(32)31(23(17)30-25)22-4-3-7-26(22)8-9-26/h5-6,12-15,19,22H,3-4,7-11H2,1-2H3,(H,28,29,30)/t15-,19+,22?. The second-order valence-electron chi connectivity index (χ2n) is 10.8. The number of hydrogen-bond donors (Lipinski definition) is 1. The van der Waals surface area contributed by atoms with Crippen molar-refractivity contribution < 1.29 is 8.42 Å². The molecule has 2 aromatic heterocycles. The largest absolute Gasteiger partial charge is 0.324 e. The van der Waals surface area contributed by atoms with Crippen molar-refractivity contribution in [3.8, 4) is 0 Å². The molecule has 3 aliphatic carbocycles. The van der Waals surface area contributed by atoms with Crippen LogP contribution in [-0.2, 0) is 9.84 Å². The summed E-state index contributed by atoms with van der Waals surface area (Å²) in [6.45, 7) is 3.95. The predicted octanol–water partition coefficient (Wildman–Crippen LogP) is 5.57. The summed E-state index contributed by atoms with van der Waals surface area (Å²) in [5.41, 5.74) is 2.12. The Morgan fingerprint density at radius 1 is 1.17 bits per heavy atom. The van der Waals surface area contributed by atoms with Crippen molar-refractivity contribution in [2.45, 2.75) is 75.0 Å². The molecule has 1 aromatic carbocycles. The van der Waals surface area contributed by atoms with Crippen LogP contribution < -0.4 is 10.9 Å². The lowest BCUT2D eigenvalue weighted by Crippen LogP contribution is -2.34. The fourth-order valence-electron chi connectivity index (χ4n) is 6.05. The van der Waals surface area contributed by atoms with Crippen LogP contribution in [0.3, 0.4) is 0 Å². The highest BCUT2D eigenvalue weighted by Crippen LogP contribution is 2.63. The molecule has 6 rings (SSSR count). The van der Waals surface area contributed by atoms with Gasteiger partial charge < -0.3 is 5.32 Å². The molecule has 3 fully saturated rings. The number of aromatic nitrogens is 3. The molecular formula is C26H29ClN4O3S. The maximum atomic E-state index is 13.1. The first-order chi connectivity index (χ1) is 16.7. The van der Waals surface area contributed by atoms with Gasteiger partial charge in [0.05, 0.1) is 10.1 Å². The van der Waals surface area contributed by atoms with Crippen LogP contribution >= 0.6 is 11.6 Å². The minimum Gasteiger partial charge on any atom is -0.324 e. The monoisotopic (exact) mass is 512 g/mol. The average Bonchev–Trinajstić information content (AvgIpc) is 3.46. The van der Waals surface area contributed by atoms with E-state index >= 15 is 0 Å². The van der Waals surface area contributed by atoms with Gasteiger partial charge in [0.15, 0.2) is 9.84 Å². The van der Waals surface area contributed by atoms with Crippen LogP contribution in [-0.4, -0.2) is 28.2 Å². The Hall–Kier alpha value is -2.45. The fourth-order valence-corrected chi connectivity index (χ4v) is 8.41. The van der Waals surface area contributed by atoms with Crippen molar-refractivity contribution in [3.05, 3.63) is 51.4 Å². The van der Waals surface area contributed by atoms with Gasteiger partial charge >= 0.3 is 0 Å². The lowest BCUT2D eigenvalue weighted by atomic mass is 9.87. The molecule has 7 nitrogen and oxygen atoms in total. The Balaban J connectivity index is 1.35. The predicted molar refractivity (Wildman–Crippen MR) is 137 cm³/mol. The van der Waals surface area contributed by atoms with Crippen LogP contribution in [0, 0.1) is 18.3 Å². The first-order valence-electron chi connectivity index (χ1n) is 12.4. The van der Waals surface area contributed by atoms with Gasteiger partial charge in [0.1, 0.15) is 10.7 Å². The number of hydrogen-bond acceptors (Lipinski definition) is 6. The number of rotatable bonds is 5. The van der Waals surface area contributed by atoms with E-state index in [0.717, 1.165) is 61.6 Å². The lowest BCUT2D eigenvalue weighted by molar-refractivity contribution is 0.344. The maximum Gasteiger partial charge on any atom is 0.271 e. The minimum atomic E-state index is -3.31. The van der Waals surface area contributed by atoms with Gasteiger partial charge in [0.25, 0.3) is 5.56 Å². The third-order valence-electron chi connectivity index (χ3n) is 8.33. The first-order valence-corrected chi connectivity index (χ1v) is 14.3. The van der Waals surface area contributed by atoms with Crippen LogP contribution in [0.2, 0.25) is 5.02 Å². The number of aryl methyl sites for hydroxylation is 1. The Bertz CT molecular complexity index is 1510. The molecule has 3 aromatic rings. The van der Waals surface area contributed by atoms with Crippen molar-refractivity contribution in [1.82, 2.24) is 14.5 Å². The third kappa shape index (κ3) is 3.76. The number of fused-ring (bicyclic) bond motifs is 1. The minimum absolute atomic E-state index is 0.111. The average molecular weight is 513 g/mol. The molecule has 0 amide bonds. The molecule has 1 N–H and O–H groups in total. The second kappa shape index (κ2) is 8.03. The molecule has 0 aliphatic heterocycles. The molecule has 1 atom stereocenters. The van der Waals surface area contributed by atoms with Crippen molar-refractivity contribution in [1.29, 1.82) is 0 Å². The number of nitrogens with zero attached hydrogens (tertiary/aromatic N) is 3. The van der Waals surface area contributed by atoms with E-state index < -0.39 is 9.84 Å². The summed E-state index contributed by atoms with van der Waals surface area (Å²) in [5, 5.41) is 3.87. The van der Waals surface area contributed by atoms with E-state index in [1.165, 1.54) is 0 Å². The molecule has 184 valence electrons. The summed E-state index contributed by atoms with van der Waals surface area (Å²) in [6, 6.07) is 6.88. The van der Waals surface area contributed by atoms with Crippen molar-refractivity contribution >= 4 is 44.1 Å². The fraction of sp³-hybridized carbons (Fsp3) is 0.500. The number of benzene rings is 1. The van der Waals surface area contributed by atoms with E-state index in [1.807, 2.05) is 6.92 Å². The molecular weight excluding hydrogens is 484 g/mol. The van der Waals surface area contributed by atoms with E-state index in [9.17, 15) is 13.2 Å². The number of nitrogens with one attached hydrogen (secondary N) is 1. The Morgan fingerprint density at radius 3 is 2.63 bits per heavy atom. The Labute approximate surface area is 209 Å². The van der Waals surface area contributed by atoms with Crippen LogP contribution in [0.5, 0.6) is 0 Å². The van der Waals surface area contributed by atoms with Crippen LogP contribution in [0.4, 0.5) is 11.6 Å². The molecule has 35 heavy (non-hydrogen) atoms. The van der Waals surface area contributed by atoms with Crippen LogP contribution in [0.1, 0.15) is 63.5 Å². The molecule has 0 bridgehead atoms. The summed E-state index contributed by atoms with van der Waals surface area (Å²) in [5.74, 6) is 0.829. The van der Waals surface area contributed by atoms with Gasteiger partial charge in [-0.1, -0.05) is 24.9 Å². The summed E-state index contributed by atoms with van der Waals surface area (Å²) >= 11 is 6.32. The highest BCUT2D eigenvalue weighted by molar-refractivity contribution is 7.92. The number of anilines is 2. The van der Waals surface area contributed by atoms with Gasteiger partial charge in [0.2, 0.25) is 5.95 Å². The van der Waals surface area contributed by atoms with Gasteiger partial charge in [-0.05, 0) is 86.6 Å². The van der Waals surface area contributed by atoms with E-state index in [2.05, 4.69) is 17.2 Å². The Morgan fingerprint density at radius 2 is 1.94 bits per heavy atom. The van der Waals surface area contributed by atoms with E-state index in [4.69, 9.17) is 16.6 Å². The zero-order chi connectivity index (χ0) is 24.5. The summed E-state index contributed by atoms with van der Waals surface area (Å²) in [7, 11) is -3.31. The molecule has 2 heterocycles. The molecule has 1 spiro atoms. The van der Waals surface area contributed by atoms with Gasteiger partial charge in [-0.2, -0.15) is 4.98 Å². The zero-order valence-electron chi connectivity index (χ0n) is 19.9. The van der Waals surface area contributed by atoms with Gasteiger partial charge in [-0.25, -0.2) is 13.4 Å². The normalized spacial score (nSPS) is 25.1. The molecule has 0 radical (unpaired) electrons. The highest BCUT2D eigenvalue weighted by atomic mass is 35.5. The smallest absolute Gasteiger partial charge is 0.271 e. The van der Waals surface area contributed by atoms with Gasteiger partial charge in [-0.15, -0.1) is 0 Å². The van der Waals surface area contributed by atoms with E-state index in [0.29, 0.717) is 22.4 Å². The quantitative estimate of drug-likeness (QED) is 0.480. The maximum absolute atomic E-state index is 13.1. The topological polar surface area (TPSA) is 94.0 Å². The van der Waals surface area contributed by atoms with E-state index in [-0.39, 0.29) is 27.3 Å². The highest BCUT2D eigenvalue weighted by Gasteiger charge is 2.53. The number of sulfone groups is 1. The molecule has 0 saturated heterocycles. The second-order valence-corrected chi connectivity index (χ2v) is 13.4. The zero-order valence-corrected chi connectivity index (χ0v) is 21.5. The Kier molecular flexibility index (Phi) is 5.27.